The summed E-state index contributed by atoms with van der Waals surface area (Å²) in [5.74, 6) is 0.848. The molecule has 0 bridgehead atoms. The van der Waals surface area contributed by atoms with Gasteiger partial charge in [0.15, 0.2) is 0 Å². The molecule has 22 heavy (non-hydrogen) atoms. The van der Waals surface area contributed by atoms with Crippen molar-refractivity contribution in [2.24, 2.45) is 0 Å². The molecule has 1 aromatic heterocycles. The monoisotopic (exact) mass is 294 g/mol. The third-order valence-corrected chi connectivity index (χ3v) is 3.68. The Morgan fingerprint density at radius 2 is 1.73 bits per heavy atom. The van der Waals surface area contributed by atoms with Gasteiger partial charge in [0.25, 0.3) is 0 Å². The number of nitrogens with zero attached hydrogens (tertiary/aromatic N) is 2. The largest absolute Gasteiger partial charge is 0.497 e. The maximum absolute atomic E-state index is 10.3. The van der Waals surface area contributed by atoms with Gasteiger partial charge in [-0.1, -0.05) is 37.3 Å². The molecule has 0 spiro atoms. The van der Waals surface area contributed by atoms with Crippen molar-refractivity contribution in [3.05, 3.63) is 60.3 Å². The van der Waals surface area contributed by atoms with Gasteiger partial charge in [-0.2, -0.15) is 0 Å². The fourth-order valence-electron chi connectivity index (χ4n) is 2.60. The highest BCUT2D eigenvalue weighted by molar-refractivity contribution is 5.72. The maximum Gasteiger partial charge on any atom is 0.239 e. The van der Waals surface area contributed by atoms with Gasteiger partial charge in [0.05, 0.1) is 24.1 Å². The summed E-state index contributed by atoms with van der Waals surface area (Å²) in [6.45, 7) is 2.06. The molecule has 3 rings (SSSR count). The standard InChI is InChI=1S/C18H18N2O2/c1-3-16-17(13-7-5-4-6-8-13)18(21)19-20(16)14-9-11-15(22-2)12-10-14/h4-12H,3H2,1-2H3,(H,19,21). The van der Waals surface area contributed by atoms with E-state index >= 15 is 0 Å². The molecule has 3 aromatic rings. The summed E-state index contributed by atoms with van der Waals surface area (Å²) in [7, 11) is 1.64. The van der Waals surface area contributed by atoms with Crippen LogP contribution in [0.3, 0.4) is 0 Å². The van der Waals surface area contributed by atoms with Crippen molar-refractivity contribution < 1.29 is 9.84 Å². The molecule has 0 radical (unpaired) electrons. The molecule has 2 aromatic carbocycles. The summed E-state index contributed by atoms with van der Waals surface area (Å²) < 4.78 is 6.97. The van der Waals surface area contributed by atoms with Crippen LogP contribution in [0.15, 0.2) is 54.6 Å². The predicted molar refractivity (Wildman–Crippen MR) is 86.6 cm³/mol. The quantitative estimate of drug-likeness (QED) is 0.796. The smallest absolute Gasteiger partial charge is 0.239 e. The topological polar surface area (TPSA) is 47.3 Å². The fraction of sp³-hybridized carbons (Fsp3) is 0.167. The van der Waals surface area contributed by atoms with Gasteiger partial charge in [-0.3, -0.25) is 0 Å². The maximum atomic E-state index is 10.3. The lowest BCUT2D eigenvalue weighted by molar-refractivity contribution is 0.414. The molecule has 4 heteroatoms. The van der Waals surface area contributed by atoms with Crippen molar-refractivity contribution in [3.8, 4) is 28.4 Å². The average Bonchev–Trinajstić information content (AvgIpc) is 2.92. The highest BCUT2D eigenvalue weighted by atomic mass is 16.5. The molecule has 0 saturated heterocycles. The van der Waals surface area contributed by atoms with Crippen LogP contribution in [0.5, 0.6) is 11.6 Å². The Morgan fingerprint density at radius 1 is 1.05 bits per heavy atom. The first kappa shape index (κ1) is 14.2. The van der Waals surface area contributed by atoms with Crippen molar-refractivity contribution in [1.82, 2.24) is 9.78 Å². The summed E-state index contributed by atoms with van der Waals surface area (Å²) in [4.78, 5) is 0. The van der Waals surface area contributed by atoms with Crippen LogP contribution in [0, 0.1) is 0 Å². The molecule has 0 aliphatic carbocycles. The Kier molecular flexibility index (Phi) is 3.83. The van der Waals surface area contributed by atoms with Crippen LogP contribution in [0.4, 0.5) is 0 Å². The zero-order valence-corrected chi connectivity index (χ0v) is 12.7. The van der Waals surface area contributed by atoms with Crippen molar-refractivity contribution in [2.75, 3.05) is 7.11 Å². The van der Waals surface area contributed by atoms with Gasteiger partial charge < -0.3 is 9.84 Å². The normalized spacial score (nSPS) is 10.6. The lowest BCUT2D eigenvalue weighted by Crippen LogP contribution is -2.01. The van der Waals surface area contributed by atoms with Crippen molar-refractivity contribution in [2.45, 2.75) is 13.3 Å². The van der Waals surface area contributed by atoms with Gasteiger partial charge in [-0.15, -0.1) is 5.10 Å². The van der Waals surface area contributed by atoms with Crippen LogP contribution in [0.2, 0.25) is 0 Å². The van der Waals surface area contributed by atoms with E-state index < -0.39 is 0 Å². The number of rotatable bonds is 4. The van der Waals surface area contributed by atoms with E-state index in [1.165, 1.54) is 0 Å². The molecular formula is C18H18N2O2. The second kappa shape index (κ2) is 5.93. The zero-order valence-electron chi connectivity index (χ0n) is 12.7. The summed E-state index contributed by atoms with van der Waals surface area (Å²) in [5, 5.41) is 14.6. The highest BCUT2D eigenvalue weighted by Gasteiger charge is 2.18. The van der Waals surface area contributed by atoms with Gasteiger partial charge >= 0.3 is 0 Å². The van der Waals surface area contributed by atoms with E-state index in [9.17, 15) is 5.11 Å². The van der Waals surface area contributed by atoms with Gasteiger partial charge in [-0.05, 0) is 36.2 Å². The van der Waals surface area contributed by atoms with Crippen LogP contribution in [-0.4, -0.2) is 22.0 Å². The molecule has 0 aliphatic heterocycles. The number of ether oxygens (including phenoxy) is 1. The van der Waals surface area contributed by atoms with E-state index in [0.717, 1.165) is 34.7 Å². The number of aromatic nitrogens is 2. The van der Waals surface area contributed by atoms with Crippen molar-refractivity contribution >= 4 is 0 Å². The Balaban J connectivity index is 2.13. The van der Waals surface area contributed by atoms with Crippen LogP contribution >= 0.6 is 0 Å². The molecule has 1 heterocycles. The average molecular weight is 294 g/mol. The fourth-order valence-corrected chi connectivity index (χ4v) is 2.60. The molecule has 0 atom stereocenters. The number of aromatic hydroxyl groups is 1. The Labute approximate surface area is 129 Å². The highest BCUT2D eigenvalue weighted by Crippen LogP contribution is 2.34. The second-order valence-corrected chi connectivity index (χ2v) is 4.97. The summed E-state index contributed by atoms with van der Waals surface area (Å²) in [6.07, 6.45) is 0.768. The number of methoxy groups -OCH3 is 1. The van der Waals surface area contributed by atoms with Crippen molar-refractivity contribution in [1.29, 1.82) is 0 Å². The Morgan fingerprint density at radius 3 is 2.32 bits per heavy atom. The van der Waals surface area contributed by atoms with E-state index in [1.54, 1.807) is 11.8 Å². The van der Waals surface area contributed by atoms with Crippen LogP contribution < -0.4 is 4.74 Å². The first-order valence-corrected chi connectivity index (χ1v) is 7.25. The van der Waals surface area contributed by atoms with E-state index in [1.807, 2.05) is 54.6 Å². The first-order chi connectivity index (χ1) is 10.7. The number of hydrogen-bond donors (Lipinski definition) is 1. The molecule has 0 unspecified atom stereocenters. The summed E-state index contributed by atoms with van der Waals surface area (Å²) >= 11 is 0. The van der Waals surface area contributed by atoms with Gasteiger partial charge in [0, 0.05) is 0 Å². The van der Waals surface area contributed by atoms with E-state index in [4.69, 9.17) is 4.74 Å². The first-order valence-electron chi connectivity index (χ1n) is 7.25. The van der Waals surface area contributed by atoms with Crippen LogP contribution in [0.25, 0.3) is 16.8 Å². The second-order valence-electron chi connectivity index (χ2n) is 4.97. The minimum atomic E-state index is 0.0545. The molecule has 0 amide bonds. The lowest BCUT2D eigenvalue weighted by atomic mass is 10.0. The molecule has 112 valence electrons. The van der Waals surface area contributed by atoms with Crippen LogP contribution in [-0.2, 0) is 6.42 Å². The summed E-state index contributed by atoms with van der Waals surface area (Å²) in [6, 6.07) is 17.5. The molecule has 0 saturated carbocycles. The van der Waals surface area contributed by atoms with E-state index in [2.05, 4.69) is 12.0 Å². The Hall–Kier alpha value is -2.75. The molecule has 0 aliphatic rings. The third kappa shape index (κ3) is 2.44. The minimum absolute atomic E-state index is 0.0545. The predicted octanol–water partition coefficient (Wildman–Crippen LogP) is 3.82. The van der Waals surface area contributed by atoms with Crippen molar-refractivity contribution in [3.63, 3.8) is 0 Å². The van der Waals surface area contributed by atoms with E-state index in [0.29, 0.717) is 0 Å². The Bertz CT molecular complexity index is 762. The zero-order chi connectivity index (χ0) is 15.5. The SMILES string of the molecule is CCc1c(-c2ccccc2)c(O)nn1-c1ccc(OC)cc1. The lowest BCUT2D eigenvalue weighted by Gasteiger charge is -2.08. The van der Waals surface area contributed by atoms with Crippen LogP contribution in [0.1, 0.15) is 12.6 Å². The van der Waals surface area contributed by atoms with Gasteiger partial charge in [-0.25, -0.2) is 4.68 Å². The molecule has 1 N–H and O–H groups in total. The van der Waals surface area contributed by atoms with E-state index in [-0.39, 0.29) is 5.88 Å². The number of hydrogen-bond acceptors (Lipinski definition) is 3. The van der Waals surface area contributed by atoms with Gasteiger partial charge in [0.2, 0.25) is 5.88 Å². The minimum Gasteiger partial charge on any atom is -0.497 e. The number of benzene rings is 2. The summed E-state index contributed by atoms with van der Waals surface area (Å²) in [5.41, 5.74) is 3.64. The molecular weight excluding hydrogens is 276 g/mol. The van der Waals surface area contributed by atoms with Gasteiger partial charge in [0.1, 0.15) is 5.75 Å². The molecule has 4 nitrogen and oxygen atoms in total. The molecule has 0 fully saturated rings. The third-order valence-electron chi connectivity index (χ3n) is 3.68.